The van der Waals surface area contributed by atoms with Crippen molar-refractivity contribution in [3.8, 4) is 11.3 Å². The highest BCUT2D eigenvalue weighted by Crippen LogP contribution is 2.30. The van der Waals surface area contributed by atoms with Crippen LogP contribution in [0, 0.1) is 5.82 Å². The number of nitrogens with one attached hydrogen (secondary N) is 4. The molecule has 0 radical (unpaired) electrons. The Balaban J connectivity index is 1.15. The van der Waals surface area contributed by atoms with Gasteiger partial charge in [-0.15, -0.1) is 0 Å². The van der Waals surface area contributed by atoms with Gasteiger partial charge in [-0.05, 0) is 86.9 Å². The molecule has 1 fully saturated rings. The van der Waals surface area contributed by atoms with Crippen molar-refractivity contribution in [2.24, 2.45) is 10.7 Å². The number of aromatic amines is 2. The Hall–Kier alpha value is -3.54. The van der Waals surface area contributed by atoms with Crippen LogP contribution in [0.5, 0.6) is 0 Å². The molecule has 0 aliphatic carbocycles. The fourth-order valence-electron chi connectivity index (χ4n) is 6.11. The second-order valence-electron chi connectivity index (χ2n) is 11.9. The Morgan fingerprint density at radius 2 is 2.05 bits per heavy atom. The van der Waals surface area contributed by atoms with E-state index in [9.17, 15) is 5.11 Å². The fourth-order valence-corrected chi connectivity index (χ4v) is 6.35. The molecule has 4 atom stereocenters. The summed E-state index contributed by atoms with van der Waals surface area (Å²) in [5.74, 6) is 0.454. The van der Waals surface area contributed by atoms with Crippen LogP contribution < -0.4 is 32.0 Å². The standard InChI is InChI=1S/C33H40ClFN8O/c1-20(36)4-2-5-21-14-26(31(35)27(34)15-21)29-16-23-19-43(33(44)42-32(23)41-29)25-10-8-22(9-11-25)28-7-3-6-24(40-28)17-37-18-30-38-12-13-39-30/h8-16,19-20,24,28,33,37,40,44H,2-7,17-18,36H2,1H3,(H,38,39)(H,41,42)/t20-,24-,28-,33?/m0/s1. The van der Waals surface area contributed by atoms with E-state index in [1.807, 2.05) is 43.6 Å². The fraction of sp³-hybridized carbons (Fsp3) is 0.394. The average Bonchev–Trinajstić information content (AvgIpc) is 3.68. The van der Waals surface area contributed by atoms with Gasteiger partial charge in [0.1, 0.15) is 11.3 Å². The molecule has 2 aliphatic rings. The third-order valence-electron chi connectivity index (χ3n) is 8.41. The predicted octanol–water partition coefficient (Wildman–Crippen LogP) is 3.99. The molecule has 0 bridgehead atoms. The number of aromatic nitrogens is 3. The zero-order valence-electron chi connectivity index (χ0n) is 24.9. The van der Waals surface area contributed by atoms with E-state index in [1.54, 1.807) is 17.2 Å². The molecule has 1 saturated heterocycles. The maximum absolute atomic E-state index is 15.2. The first-order valence-electron chi connectivity index (χ1n) is 15.4. The smallest absolute Gasteiger partial charge is 0.231 e. The van der Waals surface area contributed by atoms with Crippen LogP contribution in [0.1, 0.15) is 62.0 Å². The van der Waals surface area contributed by atoms with Crippen LogP contribution in [-0.4, -0.2) is 45.0 Å². The summed E-state index contributed by atoms with van der Waals surface area (Å²) in [6.45, 7) is 3.57. The summed E-state index contributed by atoms with van der Waals surface area (Å²) in [6.07, 6.45) is 10.2. The van der Waals surface area contributed by atoms with E-state index in [0.29, 0.717) is 22.8 Å². The lowest BCUT2D eigenvalue weighted by atomic mass is 9.93. The topological polar surface area (TPSA) is 130 Å². The molecule has 7 N–H and O–H groups in total. The van der Waals surface area contributed by atoms with E-state index >= 15 is 4.39 Å². The highest BCUT2D eigenvalue weighted by Gasteiger charge is 2.24. The van der Waals surface area contributed by atoms with Crippen molar-refractivity contribution in [1.29, 1.82) is 0 Å². The van der Waals surface area contributed by atoms with Gasteiger partial charge in [0.15, 0.2) is 5.82 Å². The monoisotopic (exact) mass is 618 g/mol. The number of piperidine rings is 1. The molecule has 9 nitrogen and oxygen atoms in total. The summed E-state index contributed by atoms with van der Waals surface area (Å²) in [6, 6.07) is 14.4. The molecule has 4 heterocycles. The molecule has 232 valence electrons. The van der Waals surface area contributed by atoms with Gasteiger partial charge in [0.25, 0.3) is 0 Å². The number of benzene rings is 2. The minimum absolute atomic E-state index is 0.0810. The van der Waals surface area contributed by atoms with Crippen molar-refractivity contribution in [3.05, 3.63) is 93.4 Å². The minimum Gasteiger partial charge on any atom is -0.355 e. The molecule has 0 spiro atoms. The van der Waals surface area contributed by atoms with E-state index < -0.39 is 12.2 Å². The number of hydrogen-bond donors (Lipinski definition) is 6. The second kappa shape index (κ2) is 13.6. The van der Waals surface area contributed by atoms with Crippen molar-refractivity contribution < 1.29 is 9.50 Å². The first kappa shape index (κ1) is 30.5. The van der Waals surface area contributed by atoms with Crippen LogP contribution >= 0.6 is 11.6 Å². The van der Waals surface area contributed by atoms with Gasteiger partial charge in [-0.3, -0.25) is 0 Å². The number of fused-ring (bicyclic) bond motifs is 1. The average molecular weight is 619 g/mol. The van der Waals surface area contributed by atoms with E-state index in [4.69, 9.17) is 17.3 Å². The summed E-state index contributed by atoms with van der Waals surface area (Å²) in [7, 11) is 0. The zero-order chi connectivity index (χ0) is 30.6. The van der Waals surface area contributed by atoms with E-state index in [2.05, 4.69) is 42.7 Å². The molecular weight excluding hydrogens is 579 g/mol. The number of hydrogen-bond acceptors (Lipinski definition) is 7. The van der Waals surface area contributed by atoms with Crippen LogP contribution in [0.25, 0.3) is 17.5 Å². The largest absolute Gasteiger partial charge is 0.355 e. The maximum atomic E-state index is 15.2. The van der Waals surface area contributed by atoms with E-state index in [1.165, 1.54) is 5.56 Å². The summed E-state index contributed by atoms with van der Waals surface area (Å²) >= 11 is 6.28. The minimum atomic E-state index is -1.12. The molecule has 0 saturated carbocycles. The molecule has 2 aromatic heterocycles. The van der Waals surface area contributed by atoms with Crippen LogP contribution in [-0.2, 0) is 13.0 Å². The number of aryl methyl sites for hydroxylation is 1. The Bertz CT molecular complexity index is 1670. The Labute approximate surface area is 261 Å². The SMILES string of the molecule is C[C@H](N)CCCc1cc(Cl)c(F)c(-c2cc3c([nH]2)=NC(O)N(c2ccc([C@@H]4CCC[C@@H](CNCc5ncc[nH]5)N4)cc2)C=3)c1. The molecule has 0 amide bonds. The molecule has 44 heavy (non-hydrogen) atoms. The van der Waals surface area contributed by atoms with Crippen LogP contribution in [0.4, 0.5) is 10.1 Å². The maximum Gasteiger partial charge on any atom is 0.231 e. The number of aliphatic hydroxyl groups excluding tert-OH is 1. The number of nitrogens with zero attached hydrogens (tertiary/aromatic N) is 3. The summed E-state index contributed by atoms with van der Waals surface area (Å²) in [4.78, 5) is 16.7. The van der Waals surface area contributed by atoms with Gasteiger partial charge in [0, 0.05) is 59.7 Å². The highest BCUT2D eigenvalue weighted by molar-refractivity contribution is 6.31. The molecule has 1 unspecified atom stereocenters. The molecule has 6 rings (SSSR count). The lowest BCUT2D eigenvalue weighted by molar-refractivity contribution is 0.186. The van der Waals surface area contributed by atoms with Crippen LogP contribution in [0.15, 0.2) is 59.9 Å². The molecule has 2 aliphatic heterocycles. The van der Waals surface area contributed by atoms with Crippen molar-refractivity contribution in [2.75, 3.05) is 11.4 Å². The van der Waals surface area contributed by atoms with Gasteiger partial charge in [-0.2, -0.15) is 0 Å². The van der Waals surface area contributed by atoms with Gasteiger partial charge in [0.05, 0.1) is 17.3 Å². The second-order valence-corrected chi connectivity index (χ2v) is 12.3. The van der Waals surface area contributed by atoms with Crippen LogP contribution in [0.2, 0.25) is 5.02 Å². The third-order valence-corrected chi connectivity index (χ3v) is 8.69. The number of anilines is 1. The number of imidazole rings is 1. The lowest BCUT2D eigenvalue weighted by Gasteiger charge is -2.32. The first-order chi connectivity index (χ1) is 21.3. The molecule has 2 aromatic carbocycles. The number of nitrogens with two attached hydrogens (primary N) is 1. The van der Waals surface area contributed by atoms with E-state index in [0.717, 1.165) is 73.9 Å². The quantitative estimate of drug-likeness (QED) is 0.151. The number of aliphatic hydroxyl groups is 1. The number of rotatable bonds is 11. The van der Waals surface area contributed by atoms with Crippen molar-refractivity contribution in [3.63, 3.8) is 0 Å². The highest BCUT2D eigenvalue weighted by atomic mass is 35.5. The van der Waals surface area contributed by atoms with Crippen molar-refractivity contribution in [1.82, 2.24) is 25.6 Å². The normalized spacial score (nSPS) is 20.6. The summed E-state index contributed by atoms with van der Waals surface area (Å²) < 4.78 is 15.2. The van der Waals surface area contributed by atoms with E-state index in [-0.39, 0.29) is 17.1 Å². The van der Waals surface area contributed by atoms with Gasteiger partial charge >= 0.3 is 0 Å². The predicted molar refractivity (Wildman–Crippen MR) is 172 cm³/mol. The summed E-state index contributed by atoms with van der Waals surface area (Å²) in [5, 5.41) is 19.0. The van der Waals surface area contributed by atoms with Crippen molar-refractivity contribution >= 4 is 23.5 Å². The van der Waals surface area contributed by atoms with Gasteiger partial charge in [-0.25, -0.2) is 14.4 Å². The molecule has 4 aromatic rings. The Morgan fingerprint density at radius 1 is 1.20 bits per heavy atom. The lowest BCUT2D eigenvalue weighted by Crippen LogP contribution is -2.43. The Kier molecular flexibility index (Phi) is 9.44. The molecule has 11 heteroatoms. The number of H-pyrrole nitrogens is 2. The third kappa shape index (κ3) is 7.06. The molecular formula is C33H40ClFN8O. The summed E-state index contributed by atoms with van der Waals surface area (Å²) in [5.41, 5.74) is 10.3. The van der Waals surface area contributed by atoms with Gasteiger partial charge in [0.2, 0.25) is 6.35 Å². The Morgan fingerprint density at radius 3 is 2.82 bits per heavy atom. The van der Waals surface area contributed by atoms with Gasteiger partial charge in [-0.1, -0.05) is 23.7 Å². The first-order valence-corrected chi connectivity index (χ1v) is 15.8. The van der Waals surface area contributed by atoms with Crippen molar-refractivity contribution in [2.45, 2.75) is 76.5 Å². The number of halogens is 2. The van der Waals surface area contributed by atoms with Crippen LogP contribution in [0.3, 0.4) is 0 Å². The van der Waals surface area contributed by atoms with Gasteiger partial charge < -0.3 is 36.3 Å². The zero-order valence-corrected chi connectivity index (χ0v) is 25.6.